The quantitative estimate of drug-likeness (QED) is 0.361. The first-order chi connectivity index (χ1) is 16.6. The lowest BCUT2D eigenvalue weighted by molar-refractivity contribution is 0.0697. The lowest BCUT2D eigenvalue weighted by Gasteiger charge is -2.43. The fourth-order valence-corrected chi connectivity index (χ4v) is 5.18. The molecule has 1 saturated carbocycles. The van der Waals surface area contributed by atoms with Gasteiger partial charge in [0.15, 0.2) is 23.2 Å². The number of nitriles is 1. The number of aromatic hydroxyl groups is 1. The molecule has 5 rings (SSSR count). The minimum Gasteiger partial charge on any atom is -0.504 e. The van der Waals surface area contributed by atoms with E-state index < -0.39 is 34.6 Å². The molecule has 0 amide bonds. The highest BCUT2D eigenvalue weighted by Crippen LogP contribution is 2.54. The van der Waals surface area contributed by atoms with Crippen molar-refractivity contribution in [3.8, 4) is 28.6 Å². The summed E-state index contributed by atoms with van der Waals surface area (Å²) in [4.78, 5) is 11.4. The fraction of sp³-hybridized carbons (Fsp3) is 0.185. The molecule has 35 heavy (non-hydrogen) atoms. The van der Waals surface area contributed by atoms with Crippen LogP contribution in [0.15, 0.2) is 54.6 Å². The smallest absolute Gasteiger partial charge is 0.335 e. The van der Waals surface area contributed by atoms with Gasteiger partial charge < -0.3 is 14.8 Å². The number of hydrogen-bond acceptors (Lipinski definition) is 3. The molecule has 0 radical (unpaired) electrons. The number of carboxylic acid groups (broad SMARTS) is 1. The van der Waals surface area contributed by atoms with Crippen molar-refractivity contribution in [1.29, 1.82) is 5.26 Å². The van der Waals surface area contributed by atoms with E-state index >= 15 is 0 Å². The summed E-state index contributed by atoms with van der Waals surface area (Å²) >= 11 is 0. The van der Waals surface area contributed by atoms with E-state index in [0.29, 0.717) is 35.2 Å². The van der Waals surface area contributed by atoms with E-state index in [4.69, 9.17) is 0 Å². The van der Waals surface area contributed by atoms with Crippen LogP contribution in [0.25, 0.3) is 27.7 Å². The largest absolute Gasteiger partial charge is 0.504 e. The van der Waals surface area contributed by atoms with Gasteiger partial charge in [0.05, 0.1) is 22.5 Å². The van der Waals surface area contributed by atoms with Crippen LogP contribution in [0.3, 0.4) is 0 Å². The second-order valence-electron chi connectivity index (χ2n) is 9.12. The van der Waals surface area contributed by atoms with Gasteiger partial charge in [0.25, 0.3) is 0 Å². The second kappa shape index (κ2) is 7.91. The molecule has 5 nitrogen and oxygen atoms in total. The Balaban J connectivity index is 1.91. The summed E-state index contributed by atoms with van der Waals surface area (Å²) in [5.41, 5.74) is 1.61. The molecule has 4 aromatic rings. The molecule has 0 atom stereocenters. The molecule has 0 aliphatic heterocycles. The third kappa shape index (κ3) is 3.43. The van der Waals surface area contributed by atoms with Crippen LogP contribution in [0.4, 0.5) is 13.2 Å². The number of carbonyl (C=O) groups is 1. The number of benzene rings is 3. The predicted octanol–water partition coefficient (Wildman–Crippen LogP) is 6.31. The van der Waals surface area contributed by atoms with E-state index in [-0.39, 0.29) is 22.6 Å². The Labute approximate surface area is 198 Å². The van der Waals surface area contributed by atoms with Gasteiger partial charge in [-0.15, -0.1) is 0 Å². The molecule has 1 aliphatic carbocycles. The van der Waals surface area contributed by atoms with Crippen LogP contribution in [0, 0.1) is 34.7 Å². The lowest BCUT2D eigenvalue weighted by Crippen LogP contribution is -2.39. The molecule has 176 valence electrons. The first-order valence-corrected chi connectivity index (χ1v) is 10.9. The van der Waals surface area contributed by atoms with Gasteiger partial charge in [-0.2, -0.15) is 5.26 Å². The number of hydrogen-bond donors (Lipinski definition) is 2. The maximum absolute atomic E-state index is 14.6. The number of nitrogens with zero attached hydrogens (tertiary/aromatic N) is 2. The molecule has 2 N–H and O–H groups in total. The van der Waals surface area contributed by atoms with Crippen LogP contribution >= 0.6 is 0 Å². The van der Waals surface area contributed by atoms with Gasteiger partial charge >= 0.3 is 5.97 Å². The molecule has 1 heterocycles. The van der Waals surface area contributed by atoms with E-state index in [2.05, 4.69) is 6.07 Å². The molecule has 0 saturated heterocycles. The van der Waals surface area contributed by atoms with Crippen molar-refractivity contribution in [2.45, 2.75) is 25.2 Å². The van der Waals surface area contributed by atoms with Gasteiger partial charge in [0, 0.05) is 34.3 Å². The monoisotopic (exact) mass is 476 g/mol. The number of rotatable bonds is 4. The number of fused-ring (bicyclic) bond motifs is 1. The van der Waals surface area contributed by atoms with Crippen molar-refractivity contribution >= 4 is 16.9 Å². The number of phenols is 1. The zero-order valence-electron chi connectivity index (χ0n) is 18.5. The molecule has 3 aromatic carbocycles. The SMILES string of the molecule is CC1(c2c(-c3ccc(C(=O)O)cc3)c3c(O)c(F)ccc3n2-c2ccc(F)c(F)c2)CC(C#N)C1. The molecule has 8 heteroatoms. The Kier molecular flexibility index (Phi) is 5.09. The summed E-state index contributed by atoms with van der Waals surface area (Å²) in [5, 5.41) is 29.7. The Bertz CT molecular complexity index is 1550. The summed E-state index contributed by atoms with van der Waals surface area (Å²) in [6.45, 7) is 1.92. The summed E-state index contributed by atoms with van der Waals surface area (Å²) in [7, 11) is 0. The zero-order chi connectivity index (χ0) is 25.1. The van der Waals surface area contributed by atoms with Gasteiger partial charge in [-0.1, -0.05) is 19.1 Å². The maximum Gasteiger partial charge on any atom is 0.335 e. The number of halogens is 3. The summed E-state index contributed by atoms with van der Waals surface area (Å²) in [6.07, 6.45) is 0.930. The van der Waals surface area contributed by atoms with Crippen LogP contribution in [-0.2, 0) is 5.41 Å². The second-order valence-corrected chi connectivity index (χ2v) is 9.12. The van der Waals surface area contributed by atoms with Gasteiger partial charge in [0.1, 0.15) is 0 Å². The third-order valence-corrected chi connectivity index (χ3v) is 6.79. The first kappa shape index (κ1) is 22.5. The van der Waals surface area contributed by atoms with Crippen molar-refractivity contribution < 1.29 is 28.2 Å². The molecule has 1 aliphatic rings. The molecule has 1 fully saturated rings. The van der Waals surface area contributed by atoms with Gasteiger partial charge in [-0.05, 0) is 54.8 Å². The van der Waals surface area contributed by atoms with Crippen LogP contribution < -0.4 is 0 Å². The third-order valence-electron chi connectivity index (χ3n) is 6.79. The molecule has 0 unspecified atom stereocenters. The Hall–Kier alpha value is -4.25. The van der Waals surface area contributed by atoms with Crippen LogP contribution in [-0.4, -0.2) is 20.7 Å². The zero-order valence-corrected chi connectivity index (χ0v) is 18.5. The normalized spacial score (nSPS) is 19.3. The summed E-state index contributed by atoms with van der Waals surface area (Å²) in [6, 6.07) is 14.1. The van der Waals surface area contributed by atoms with Crippen molar-refractivity contribution in [2.75, 3.05) is 0 Å². The van der Waals surface area contributed by atoms with Gasteiger partial charge in [-0.25, -0.2) is 18.0 Å². The van der Waals surface area contributed by atoms with Crippen molar-refractivity contribution in [3.05, 3.63) is 83.3 Å². The Morgan fingerprint density at radius 2 is 1.69 bits per heavy atom. The average Bonchev–Trinajstić information content (AvgIpc) is 3.17. The van der Waals surface area contributed by atoms with Gasteiger partial charge in [-0.3, -0.25) is 0 Å². The highest BCUT2D eigenvalue weighted by Gasteiger charge is 2.46. The minimum absolute atomic E-state index is 0.0504. The fourth-order valence-electron chi connectivity index (χ4n) is 5.18. The number of aromatic carboxylic acids is 1. The van der Waals surface area contributed by atoms with E-state index in [0.717, 1.165) is 18.2 Å². The minimum atomic E-state index is -1.11. The highest BCUT2D eigenvalue weighted by atomic mass is 19.2. The van der Waals surface area contributed by atoms with Crippen LogP contribution in [0.1, 0.15) is 35.8 Å². The van der Waals surface area contributed by atoms with Crippen molar-refractivity contribution in [1.82, 2.24) is 4.57 Å². The lowest BCUT2D eigenvalue weighted by atomic mass is 9.61. The topological polar surface area (TPSA) is 86.2 Å². The van der Waals surface area contributed by atoms with E-state index in [1.165, 1.54) is 24.3 Å². The molecular formula is C27H19F3N2O3. The Morgan fingerprint density at radius 1 is 1.03 bits per heavy atom. The maximum atomic E-state index is 14.6. The molecule has 0 spiro atoms. The molecular weight excluding hydrogens is 457 g/mol. The van der Waals surface area contributed by atoms with Crippen LogP contribution in [0.5, 0.6) is 5.75 Å². The number of phenolic OH excluding ortho intramolecular Hbond substituents is 1. The average molecular weight is 476 g/mol. The summed E-state index contributed by atoms with van der Waals surface area (Å²) < 4.78 is 44.3. The summed E-state index contributed by atoms with van der Waals surface area (Å²) in [5.74, 6) is -4.89. The highest BCUT2D eigenvalue weighted by molar-refractivity contribution is 6.04. The molecule has 0 bridgehead atoms. The predicted molar refractivity (Wildman–Crippen MR) is 123 cm³/mol. The standard InChI is InChI=1S/C27H19F3N2O3/c1-27(11-14(12-27)13-31)25-22(15-2-4-16(5-3-15)26(34)35)23-21(9-8-19(29)24(23)33)32(25)17-6-7-18(28)20(30)10-17/h2-10,14,33H,11-12H2,1H3,(H,34,35). The van der Waals surface area contributed by atoms with E-state index in [1.54, 1.807) is 16.7 Å². The van der Waals surface area contributed by atoms with Crippen LogP contribution in [0.2, 0.25) is 0 Å². The van der Waals surface area contributed by atoms with E-state index in [9.17, 15) is 33.4 Å². The van der Waals surface area contributed by atoms with Crippen molar-refractivity contribution in [3.63, 3.8) is 0 Å². The number of carboxylic acids is 1. The Morgan fingerprint density at radius 3 is 2.29 bits per heavy atom. The first-order valence-electron chi connectivity index (χ1n) is 10.9. The van der Waals surface area contributed by atoms with Gasteiger partial charge in [0.2, 0.25) is 0 Å². The van der Waals surface area contributed by atoms with Crippen molar-refractivity contribution in [2.24, 2.45) is 5.92 Å². The van der Waals surface area contributed by atoms with E-state index in [1.807, 2.05) is 6.92 Å². The molecule has 1 aromatic heterocycles. The number of aromatic nitrogens is 1.